The average Bonchev–Trinajstić information content (AvgIpc) is 3.34. The molecule has 3 aromatic rings. The third kappa shape index (κ3) is 3.58. The normalized spacial score (nSPS) is 19.5. The number of nitrogens with zero attached hydrogens (tertiary/aromatic N) is 1. The summed E-state index contributed by atoms with van der Waals surface area (Å²) < 4.78 is 6.33. The minimum absolute atomic E-state index is 0.152. The van der Waals surface area contributed by atoms with Crippen molar-refractivity contribution in [3.05, 3.63) is 70.4 Å². The fraction of sp³-hybridized carbons (Fsp3) is 0.316. The molecule has 2 aromatic heterocycles. The fourth-order valence-corrected chi connectivity index (χ4v) is 5.21. The first kappa shape index (κ1) is 15.9. The standard InChI is InChI=1S/C19H20N2OS2/c1-2-6-16-15(5-1)19(17(24-16)12-18-20-8-9-21-18)22-10-3-4-14-7-11-23-13-14/h1-2,5-9,11,13,17,19H,3-4,10,12H2,(H,20,21)/t17-,19-/m0/s1. The van der Waals surface area contributed by atoms with Crippen molar-refractivity contribution in [1.82, 2.24) is 9.97 Å². The van der Waals surface area contributed by atoms with Gasteiger partial charge >= 0.3 is 0 Å². The number of imidazole rings is 1. The lowest BCUT2D eigenvalue weighted by Crippen LogP contribution is -2.18. The van der Waals surface area contributed by atoms with Gasteiger partial charge in [0, 0.05) is 35.6 Å². The Hall–Kier alpha value is -1.56. The number of thiophene rings is 1. The molecule has 1 N–H and O–H groups in total. The van der Waals surface area contributed by atoms with E-state index in [1.165, 1.54) is 16.0 Å². The molecule has 1 aliphatic heterocycles. The van der Waals surface area contributed by atoms with Crippen molar-refractivity contribution in [2.75, 3.05) is 6.61 Å². The quantitative estimate of drug-likeness (QED) is 0.613. The number of thioether (sulfide) groups is 1. The first-order chi connectivity index (χ1) is 11.9. The Morgan fingerprint density at radius 3 is 3.00 bits per heavy atom. The highest BCUT2D eigenvalue weighted by atomic mass is 32.2. The van der Waals surface area contributed by atoms with Crippen LogP contribution in [0, 0.1) is 0 Å². The molecular weight excluding hydrogens is 336 g/mol. The van der Waals surface area contributed by atoms with Gasteiger partial charge in [0.2, 0.25) is 0 Å². The molecule has 0 fully saturated rings. The zero-order valence-corrected chi connectivity index (χ0v) is 15.0. The van der Waals surface area contributed by atoms with Gasteiger partial charge in [-0.25, -0.2) is 4.98 Å². The summed E-state index contributed by atoms with van der Waals surface area (Å²) in [6.07, 6.45) is 6.92. The number of benzene rings is 1. The molecule has 1 aromatic carbocycles. The van der Waals surface area contributed by atoms with Gasteiger partial charge < -0.3 is 9.72 Å². The Bertz CT molecular complexity index is 754. The van der Waals surface area contributed by atoms with Crippen LogP contribution in [0.25, 0.3) is 0 Å². The molecule has 0 unspecified atom stereocenters. The van der Waals surface area contributed by atoms with Crippen molar-refractivity contribution in [3.8, 4) is 0 Å². The van der Waals surface area contributed by atoms with Crippen molar-refractivity contribution in [3.63, 3.8) is 0 Å². The number of aryl methyl sites for hydroxylation is 1. The topological polar surface area (TPSA) is 37.9 Å². The molecule has 1 aliphatic rings. The molecule has 0 saturated heterocycles. The predicted octanol–water partition coefficient (Wildman–Crippen LogP) is 4.88. The number of nitrogens with one attached hydrogen (secondary N) is 1. The smallest absolute Gasteiger partial charge is 0.107 e. The van der Waals surface area contributed by atoms with E-state index in [2.05, 4.69) is 51.1 Å². The molecule has 0 bridgehead atoms. The fourth-order valence-electron chi connectivity index (χ4n) is 3.12. The van der Waals surface area contributed by atoms with Crippen molar-refractivity contribution >= 4 is 23.1 Å². The summed E-state index contributed by atoms with van der Waals surface area (Å²) in [7, 11) is 0. The monoisotopic (exact) mass is 356 g/mol. The number of aromatic amines is 1. The molecule has 0 amide bonds. The molecular formula is C19H20N2OS2. The summed E-state index contributed by atoms with van der Waals surface area (Å²) in [4.78, 5) is 8.95. The summed E-state index contributed by atoms with van der Waals surface area (Å²) in [5.74, 6) is 1.03. The molecule has 124 valence electrons. The van der Waals surface area contributed by atoms with E-state index in [0.717, 1.165) is 31.7 Å². The van der Waals surface area contributed by atoms with E-state index < -0.39 is 0 Å². The van der Waals surface area contributed by atoms with Crippen LogP contribution in [0.2, 0.25) is 0 Å². The van der Waals surface area contributed by atoms with Crippen LogP contribution in [-0.4, -0.2) is 21.8 Å². The molecule has 0 aliphatic carbocycles. The SMILES string of the molecule is c1ccc2c(c1)S[C@@H](Cc1ncc[nH]1)[C@H]2OCCCc1ccsc1. The van der Waals surface area contributed by atoms with Crippen LogP contribution in [-0.2, 0) is 17.6 Å². The minimum Gasteiger partial charge on any atom is -0.372 e. The largest absolute Gasteiger partial charge is 0.372 e. The van der Waals surface area contributed by atoms with Crippen molar-refractivity contribution < 1.29 is 4.74 Å². The lowest BCUT2D eigenvalue weighted by molar-refractivity contribution is 0.0505. The second-order valence-electron chi connectivity index (χ2n) is 5.96. The van der Waals surface area contributed by atoms with E-state index >= 15 is 0 Å². The van der Waals surface area contributed by atoms with E-state index in [0.29, 0.717) is 5.25 Å². The van der Waals surface area contributed by atoms with Crippen LogP contribution in [0.15, 0.2) is 58.4 Å². The van der Waals surface area contributed by atoms with Gasteiger partial charge in [0.25, 0.3) is 0 Å². The Kier molecular flexibility index (Phi) is 5.02. The Balaban J connectivity index is 1.40. The highest BCUT2D eigenvalue weighted by molar-refractivity contribution is 8.00. The molecule has 3 nitrogen and oxygen atoms in total. The lowest BCUT2D eigenvalue weighted by atomic mass is 10.0. The van der Waals surface area contributed by atoms with Crippen molar-refractivity contribution in [2.24, 2.45) is 0 Å². The number of rotatable bonds is 7. The molecule has 0 radical (unpaired) electrons. The number of hydrogen-bond acceptors (Lipinski definition) is 4. The predicted molar refractivity (Wildman–Crippen MR) is 99.7 cm³/mol. The van der Waals surface area contributed by atoms with Crippen LogP contribution in [0.3, 0.4) is 0 Å². The maximum absolute atomic E-state index is 6.33. The van der Waals surface area contributed by atoms with E-state index in [-0.39, 0.29) is 6.10 Å². The van der Waals surface area contributed by atoms with Crippen LogP contribution < -0.4 is 0 Å². The maximum atomic E-state index is 6.33. The highest BCUT2D eigenvalue weighted by Crippen LogP contribution is 2.47. The molecule has 0 saturated carbocycles. The van der Waals surface area contributed by atoms with Gasteiger partial charge in [-0.3, -0.25) is 0 Å². The highest BCUT2D eigenvalue weighted by Gasteiger charge is 2.34. The zero-order valence-electron chi connectivity index (χ0n) is 13.4. The molecule has 24 heavy (non-hydrogen) atoms. The van der Waals surface area contributed by atoms with Gasteiger partial charge in [-0.2, -0.15) is 11.3 Å². The Labute approximate surface area is 150 Å². The molecule has 4 rings (SSSR count). The Morgan fingerprint density at radius 2 is 2.17 bits per heavy atom. The van der Waals surface area contributed by atoms with Crippen LogP contribution in [0.4, 0.5) is 0 Å². The van der Waals surface area contributed by atoms with Crippen LogP contribution in [0.5, 0.6) is 0 Å². The number of ether oxygens (including phenoxy) is 1. The van der Waals surface area contributed by atoms with Crippen LogP contribution in [0.1, 0.15) is 29.5 Å². The third-order valence-electron chi connectivity index (χ3n) is 4.28. The molecule has 3 heterocycles. The Morgan fingerprint density at radius 1 is 1.21 bits per heavy atom. The molecule has 0 spiro atoms. The molecule has 2 atom stereocenters. The van der Waals surface area contributed by atoms with Gasteiger partial charge in [0.05, 0.1) is 6.10 Å². The minimum atomic E-state index is 0.152. The van der Waals surface area contributed by atoms with Crippen LogP contribution >= 0.6 is 23.1 Å². The van der Waals surface area contributed by atoms with E-state index in [1.54, 1.807) is 11.3 Å². The first-order valence-electron chi connectivity index (χ1n) is 8.26. The zero-order chi connectivity index (χ0) is 16.2. The number of H-pyrrole nitrogens is 1. The first-order valence-corrected chi connectivity index (χ1v) is 10.1. The lowest BCUT2D eigenvalue weighted by Gasteiger charge is -2.19. The van der Waals surface area contributed by atoms with Gasteiger partial charge in [-0.15, -0.1) is 11.8 Å². The number of hydrogen-bond donors (Lipinski definition) is 1. The third-order valence-corrected chi connectivity index (χ3v) is 6.35. The van der Waals surface area contributed by atoms with Gasteiger partial charge in [-0.05, 0) is 46.9 Å². The summed E-state index contributed by atoms with van der Waals surface area (Å²) in [5, 5.41) is 4.74. The van der Waals surface area contributed by atoms with E-state index in [9.17, 15) is 0 Å². The molecule has 5 heteroatoms. The van der Waals surface area contributed by atoms with Gasteiger partial charge in [-0.1, -0.05) is 18.2 Å². The number of aromatic nitrogens is 2. The summed E-state index contributed by atoms with van der Waals surface area (Å²) in [6.45, 7) is 0.796. The summed E-state index contributed by atoms with van der Waals surface area (Å²) in [5.41, 5.74) is 2.74. The number of fused-ring (bicyclic) bond motifs is 1. The van der Waals surface area contributed by atoms with E-state index in [4.69, 9.17) is 4.74 Å². The maximum Gasteiger partial charge on any atom is 0.107 e. The van der Waals surface area contributed by atoms with E-state index in [1.807, 2.05) is 24.2 Å². The van der Waals surface area contributed by atoms with Crippen molar-refractivity contribution in [1.29, 1.82) is 0 Å². The average molecular weight is 357 g/mol. The van der Waals surface area contributed by atoms with Gasteiger partial charge in [0.1, 0.15) is 5.82 Å². The van der Waals surface area contributed by atoms with Crippen molar-refractivity contribution in [2.45, 2.75) is 35.5 Å². The second-order valence-corrected chi connectivity index (χ2v) is 8.02. The second kappa shape index (κ2) is 7.55. The summed E-state index contributed by atoms with van der Waals surface area (Å²) >= 11 is 3.68. The summed E-state index contributed by atoms with van der Waals surface area (Å²) in [6, 6.07) is 10.8. The van der Waals surface area contributed by atoms with Gasteiger partial charge in [0.15, 0.2) is 0 Å².